The number of likely N-dealkylation sites (tertiary alicyclic amines) is 2. The molecule has 232 valence electrons. The Kier molecular flexibility index (Phi) is 9.40. The van der Waals surface area contributed by atoms with Crippen molar-refractivity contribution in [2.24, 2.45) is 0 Å². The standard InChI is InChI=1S/C32H41Cl2N5O4/c1-22-27(33)18-23(19-28(22)34)21-39(31(42)43)16-11-26(38-15-8-24-6-4-5-7-29(24)35-30(38)41)20-32(39,12-17-40)37-13-9-25(10-14-37)36(2)3/h4-7,17-19,25-26H,8-16,20-21H2,1-3H3,(H-,35,41,42,43)/t26?,32?,39-/m0/s1. The van der Waals surface area contributed by atoms with Crippen LogP contribution in [0.1, 0.15) is 48.8 Å². The van der Waals surface area contributed by atoms with Crippen molar-refractivity contribution in [3.05, 3.63) is 63.1 Å². The molecule has 0 bridgehead atoms. The molecular weight excluding hydrogens is 589 g/mol. The summed E-state index contributed by atoms with van der Waals surface area (Å²) in [5.74, 6) is 0. The number of amides is 3. The lowest BCUT2D eigenvalue weighted by Gasteiger charge is -2.61. The van der Waals surface area contributed by atoms with Crippen molar-refractivity contribution in [2.45, 2.75) is 69.7 Å². The number of urea groups is 1. The number of para-hydroxylation sites is 1. The number of carboxylic acid groups (broad SMARTS) is 1. The Morgan fingerprint density at radius 2 is 1.81 bits per heavy atom. The van der Waals surface area contributed by atoms with Gasteiger partial charge in [-0.1, -0.05) is 41.4 Å². The number of hydrogen-bond donors (Lipinski definition) is 1. The minimum Gasteiger partial charge on any atom is -0.498 e. The first-order chi connectivity index (χ1) is 20.5. The lowest BCUT2D eigenvalue weighted by atomic mass is 9.81. The van der Waals surface area contributed by atoms with Crippen LogP contribution in [0.4, 0.5) is 15.3 Å². The minimum atomic E-state index is -1.24. The van der Waals surface area contributed by atoms with E-state index in [2.05, 4.69) is 29.2 Å². The number of aldehydes is 1. The normalized spacial score (nSPS) is 27.0. The fraction of sp³-hybridized carbons (Fsp3) is 0.531. The van der Waals surface area contributed by atoms with Crippen LogP contribution in [0, 0.1) is 6.92 Å². The van der Waals surface area contributed by atoms with Gasteiger partial charge in [-0.2, -0.15) is 0 Å². The van der Waals surface area contributed by atoms with E-state index >= 15 is 0 Å². The van der Waals surface area contributed by atoms with Crippen molar-refractivity contribution in [1.29, 1.82) is 0 Å². The maximum absolute atomic E-state index is 13.6. The van der Waals surface area contributed by atoms with E-state index in [0.717, 1.165) is 35.9 Å². The van der Waals surface area contributed by atoms with Gasteiger partial charge in [0.25, 0.3) is 6.09 Å². The third-order valence-electron chi connectivity index (χ3n) is 10.1. The lowest BCUT2D eigenvalue weighted by Crippen LogP contribution is -2.80. The Labute approximate surface area is 263 Å². The van der Waals surface area contributed by atoms with E-state index in [9.17, 15) is 19.5 Å². The fourth-order valence-electron chi connectivity index (χ4n) is 7.61. The summed E-state index contributed by atoms with van der Waals surface area (Å²) in [6.45, 7) is 3.83. The molecule has 0 radical (unpaired) electrons. The number of carbonyl (C=O) groups is 3. The van der Waals surface area contributed by atoms with Gasteiger partial charge >= 0.3 is 6.03 Å². The van der Waals surface area contributed by atoms with Gasteiger partial charge < -0.3 is 29.8 Å². The van der Waals surface area contributed by atoms with Crippen LogP contribution in [0.3, 0.4) is 0 Å². The largest absolute Gasteiger partial charge is 0.498 e. The molecule has 0 spiro atoms. The van der Waals surface area contributed by atoms with E-state index in [1.165, 1.54) is 0 Å². The van der Waals surface area contributed by atoms with Gasteiger partial charge in [0, 0.05) is 65.9 Å². The number of benzene rings is 2. The zero-order valence-corrected chi connectivity index (χ0v) is 26.7. The first-order valence-corrected chi connectivity index (χ1v) is 15.8. The van der Waals surface area contributed by atoms with Crippen LogP contribution in [0.5, 0.6) is 0 Å². The molecule has 2 aromatic carbocycles. The summed E-state index contributed by atoms with van der Waals surface area (Å²) in [5.41, 5.74) is 2.12. The zero-order chi connectivity index (χ0) is 30.9. The highest BCUT2D eigenvalue weighted by molar-refractivity contribution is 6.36. The summed E-state index contributed by atoms with van der Waals surface area (Å²) in [5, 5.41) is 17.5. The van der Waals surface area contributed by atoms with Crippen LogP contribution in [-0.2, 0) is 17.8 Å². The van der Waals surface area contributed by atoms with E-state index < -0.39 is 16.2 Å². The van der Waals surface area contributed by atoms with Crippen molar-refractivity contribution in [2.75, 3.05) is 45.6 Å². The van der Waals surface area contributed by atoms with Gasteiger partial charge in [-0.05, 0) is 69.6 Å². The Bertz CT molecular complexity index is 1360. The second-order valence-electron chi connectivity index (χ2n) is 12.5. The van der Waals surface area contributed by atoms with Crippen molar-refractivity contribution in [3.8, 4) is 0 Å². The Balaban J connectivity index is 1.56. The Morgan fingerprint density at radius 3 is 2.44 bits per heavy atom. The van der Waals surface area contributed by atoms with Crippen molar-refractivity contribution in [1.82, 2.24) is 14.7 Å². The highest BCUT2D eigenvalue weighted by Gasteiger charge is 2.61. The first kappa shape index (κ1) is 31.7. The molecule has 0 aromatic heterocycles. The summed E-state index contributed by atoms with van der Waals surface area (Å²) in [7, 11) is 4.11. The summed E-state index contributed by atoms with van der Waals surface area (Å²) >= 11 is 13.0. The van der Waals surface area contributed by atoms with E-state index in [-0.39, 0.29) is 31.6 Å². The molecule has 0 aliphatic carbocycles. The molecule has 43 heavy (non-hydrogen) atoms. The SMILES string of the molecule is Cc1c(Cl)cc(C[N@+]2(C(=O)[O-])CCC(N3CCc4ccccc4NC3=O)CC2(CC=O)N2CCC(N(C)C)CC2)cc1Cl. The lowest BCUT2D eigenvalue weighted by molar-refractivity contribution is -0.956. The van der Waals surface area contributed by atoms with Gasteiger partial charge in [0.1, 0.15) is 12.8 Å². The van der Waals surface area contributed by atoms with Crippen LogP contribution < -0.4 is 10.4 Å². The van der Waals surface area contributed by atoms with Crippen LogP contribution in [0.15, 0.2) is 36.4 Å². The number of quaternary nitrogens is 1. The fourth-order valence-corrected chi connectivity index (χ4v) is 8.14. The maximum Gasteiger partial charge on any atom is 0.322 e. The van der Waals surface area contributed by atoms with Gasteiger partial charge in [0.15, 0.2) is 5.66 Å². The van der Waals surface area contributed by atoms with E-state index in [1.54, 1.807) is 12.1 Å². The number of piperidine rings is 2. The molecule has 5 rings (SSSR count). The molecule has 0 saturated carbocycles. The van der Waals surface area contributed by atoms with Gasteiger partial charge in [-0.3, -0.25) is 9.38 Å². The highest BCUT2D eigenvalue weighted by Crippen LogP contribution is 2.46. The summed E-state index contributed by atoms with van der Waals surface area (Å²) < 4.78 is -0.458. The molecule has 2 fully saturated rings. The molecule has 9 nitrogen and oxygen atoms in total. The number of carbonyl (C=O) groups excluding carboxylic acids is 3. The molecule has 1 N–H and O–H groups in total. The molecule has 3 amide bonds. The van der Waals surface area contributed by atoms with Gasteiger partial charge in [0.2, 0.25) is 0 Å². The summed E-state index contributed by atoms with van der Waals surface area (Å²) in [6, 6.07) is 11.2. The van der Waals surface area contributed by atoms with Crippen molar-refractivity contribution >= 4 is 47.3 Å². The van der Waals surface area contributed by atoms with Crippen LogP contribution in [-0.4, -0.2) is 95.6 Å². The number of fused-ring (bicyclic) bond motifs is 1. The molecule has 2 unspecified atom stereocenters. The Hall–Kier alpha value is -2.69. The van der Waals surface area contributed by atoms with Gasteiger partial charge in [0.05, 0.1) is 13.0 Å². The van der Waals surface area contributed by atoms with Crippen LogP contribution in [0.2, 0.25) is 10.0 Å². The molecule has 3 heterocycles. The smallest absolute Gasteiger partial charge is 0.322 e. The molecule has 3 aliphatic heterocycles. The molecule has 11 heteroatoms. The molecule has 3 aliphatic rings. The van der Waals surface area contributed by atoms with Crippen LogP contribution in [0.25, 0.3) is 0 Å². The average molecular weight is 631 g/mol. The molecule has 2 aromatic rings. The highest BCUT2D eigenvalue weighted by atomic mass is 35.5. The number of anilines is 1. The number of hydrogen-bond acceptors (Lipinski definition) is 6. The number of nitrogens with one attached hydrogen (secondary N) is 1. The zero-order valence-electron chi connectivity index (χ0n) is 25.2. The molecule has 2 saturated heterocycles. The third-order valence-corrected chi connectivity index (χ3v) is 10.9. The summed E-state index contributed by atoms with van der Waals surface area (Å²) in [6.07, 6.45) is 2.72. The van der Waals surface area contributed by atoms with E-state index in [0.29, 0.717) is 60.5 Å². The monoisotopic (exact) mass is 629 g/mol. The molecular formula is C32H41Cl2N5O4. The summed E-state index contributed by atoms with van der Waals surface area (Å²) in [4.78, 5) is 45.9. The number of rotatable bonds is 7. The second kappa shape index (κ2) is 12.7. The van der Waals surface area contributed by atoms with Gasteiger partial charge in [-0.15, -0.1) is 0 Å². The first-order valence-electron chi connectivity index (χ1n) is 15.0. The predicted octanol–water partition coefficient (Wildman–Crippen LogP) is 4.53. The predicted molar refractivity (Wildman–Crippen MR) is 166 cm³/mol. The van der Waals surface area contributed by atoms with Crippen LogP contribution >= 0.6 is 23.2 Å². The second-order valence-corrected chi connectivity index (χ2v) is 13.3. The quantitative estimate of drug-likeness (QED) is 0.357. The van der Waals surface area contributed by atoms with Crippen molar-refractivity contribution < 1.29 is 24.0 Å². The van der Waals surface area contributed by atoms with E-state index in [1.807, 2.05) is 36.1 Å². The van der Waals surface area contributed by atoms with Gasteiger partial charge in [-0.25, -0.2) is 4.79 Å². The minimum absolute atomic E-state index is 0.00682. The topological polar surface area (TPSA) is 96.0 Å². The third kappa shape index (κ3) is 5.90. The van der Waals surface area contributed by atoms with E-state index in [4.69, 9.17) is 23.2 Å². The average Bonchev–Trinajstić information content (AvgIpc) is 3.14. The van der Waals surface area contributed by atoms with Crippen molar-refractivity contribution in [3.63, 3.8) is 0 Å². The maximum atomic E-state index is 13.6. The number of nitrogens with zero attached hydrogens (tertiary/aromatic N) is 4. The molecule has 3 atom stereocenters. The number of halogens is 2. The Morgan fingerprint density at radius 1 is 1.14 bits per heavy atom.